The summed E-state index contributed by atoms with van der Waals surface area (Å²) in [6.07, 6.45) is 0. The molecule has 0 aliphatic rings. The Kier molecular flexibility index (Phi) is 5.24. The zero-order valence-corrected chi connectivity index (χ0v) is 17.8. The van der Waals surface area contributed by atoms with Gasteiger partial charge in [-0.1, -0.05) is 32.0 Å². The van der Waals surface area contributed by atoms with Crippen LogP contribution in [0.1, 0.15) is 68.2 Å². The number of fused-ring (bicyclic) bond motifs is 1. The van der Waals surface area contributed by atoms with Crippen molar-refractivity contribution in [1.29, 1.82) is 0 Å². The van der Waals surface area contributed by atoms with Gasteiger partial charge in [0.2, 0.25) is 0 Å². The van der Waals surface area contributed by atoms with Crippen LogP contribution in [-0.2, 0) is 12.1 Å². The summed E-state index contributed by atoms with van der Waals surface area (Å²) >= 11 is 0. The summed E-state index contributed by atoms with van der Waals surface area (Å²) in [5.41, 5.74) is 3.14. The number of nitrogens with zero attached hydrogens (tertiary/aromatic N) is 5. The van der Waals surface area contributed by atoms with Crippen molar-refractivity contribution in [2.24, 2.45) is 0 Å². The van der Waals surface area contributed by atoms with E-state index in [0.717, 1.165) is 22.3 Å². The first-order valence-electron chi connectivity index (χ1n) is 9.66. The second kappa shape index (κ2) is 7.34. The first-order chi connectivity index (χ1) is 13.1. The highest BCUT2D eigenvalue weighted by Gasteiger charge is 2.25. The molecule has 1 aromatic carbocycles. The van der Waals surface area contributed by atoms with Gasteiger partial charge < -0.3 is 4.90 Å². The highest BCUT2D eigenvalue weighted by Crippen LogP contribution is 2.24. The molecule has 0 aliphatic carbocycles. The molecule has 3 aromatic rings. The topological polar surface area (TPSA) is 63.9 Å². The van der Waals surface area contributed by atoms with E-state index in [1.165, 1.54) is 0 Å². The smallest absolute Gasteiger partial charge is 0.274 e. The van der Waals surface area contributed by atoms with Gasteiger partial charge in [0.25, 0.3) is 5.91 Å². The molecular weight excluding hydrogens is 350 g/mol. The fourth-order valence-electron chi connectivity index (χ4n) is 3.29. The third kappa shape index (κ3) is 3.91. The lowest BCUT2D eigenvalue weighted by Crippen LogP contribution is -2.29. The average molecular weight is 380 g/mol. The van der Waals surface area contributed by atoms with Gasteiger partial charge >= 0.3 is 0 Å². The lowest BCUT2D eigenvalue weighted by atomic mass is 10.1. The number of benzene rings is 1. The van der Waals surface area contributed by atoms with Crippen LogP contribution < -0.4 is 0 Å². The van der Waals surface area contributed by atoms with E-state index in [1.54, 1.807) is 11.9 Å². The molecule has 0 aliphatic heterocycles. The fourth-order valence-corrected chi connectivity index (χ4v) is 3.29. The SMILES string of the molecule is Cc1nc(CN(C)C(=O)c2cc(C(C)C)n(C(C)(C)C)n2)nc2ccccc12. The van der Waals surface area contributed by atoms with E-state index in [4.69, 9.17) is 0 Å². The molecule has 0 saturated heterocycles. The van der Waals surface area contributed by atoms with Gasteiger partial charge in [0.1, 0.15) is 5.82 Å². The van der Waals surface area contributed by atoms with Crippen LogP contribution in [0.4, 0.5) is 0 Å². The van der Waals surface area contributed by atoms with Gasteiger partial charge in [0, 0.05) is 23.8 Å². The summed E-state index contributed by atoms with van der Waals surface area (Å²) in [7, 11) is 1.77. The van der Waals surface area contributed by atoms with Crippen molar-refractivity contribution < 1.29 is 4.79 Å². The Labute approximate surface area is 166 Å². The standard InChI is InChI=1S/C22H29N5O/c1-14(2)19-12-18(25-27(19)22(4,5)6)21(28)26(7)13-20-23-15(3)16-10-8-9-11-17(16)24-20/h8-12,14H,13H2,1-7H3. The van der Waals surface area contributed by atoms with Crippen molar-refractivity contribution in [3.8, 4) is 0 Å². The molecule has 0 spiro atoms. The predicted molar refractivity (Wildman–Crippen MR) is 111 cm³/mol. The maximum atomic E-state index is 13.0. The molecule has 0 bridgehead atoms. The predicted octanol–water partition coefficient (Wildman–Crippen LogP) is 4.29. The van der Waals surface area contributed by atoms with Crippen LogP contribution in [0.25, 0.3) is 10.9 Å². The molecule has 0 N–H and O–H groups in total. The van der Waals surface area contributed by atoms with E-state index in [-0.39, 0.29) is 17.4 Å². The van der Waals surface area contributed by atoms with Crippen LogP contribution in [-0.4, -0.2) is 37.6 Å². The quantitative estimate of drug-likeness (QED) is 0.678. The van der Waals surface area contributed by atoms with E-state index in [2.05, 4.69) is 49.7 Å². The molecule has 2 heterocycles. The summed E-state index contributed by atoms with van der Waals surface area (Å²) in [5, 5.41) is 5.65. The maximum absolute atomic E-state index is 13.0. The first-order valence-corrected chi connectivity index (χ1v) is 9.66. The molecule has 6 heteroatoms. The Bertz CT molecular complexity index is 1010. The fraction of sp³-hybridized carbons (Fsp3) is 0.455. The molecule has 0 atom stereocenters. The second-order valence-electron chi connectivity index (χ2n) is 8.60. The van der Waals surface area contributed by atoms with E-state index in [9.17, 15) is 4.79 Å². The van der Waals surface area contributed by atoms with Crippen LogP contribution in [0.3, 0.4) is 0 Å². The third-order valence-electron chi connectivity index (χ3n) is 4.75. The van der Waals surface area contributed by atoms with Gasteiger partial charge in [0.15, 0.2) is 5.69 Å². The number of hydrogen-bond acceptors (Lipinski definition) is 4. The molecule has 3 rings (SSSR count). The summed E-state index contributed by atoms with van der Waals surface area (Å²) < 4.78 is 1.95. The number of aromatic nitrogens is 4. The highest BCUT2D eigenvalue weighted by molar-refractivity contribution is 5.92. The number of carbonyl (C=O) groups is 1. The minimum absolute atomic E-state index is 0.126. The number of amides is 1. The van der Waals surface area contributed by atoms with Crippen LogP contribution >= 0.6 is 0 Å². The molecule has 0 unspecified atom stereocenters. The van der Waals surface area contributed by atoms with Gasteiger partial charge in [-0.15, -0.1) is 0 Å². The summed E-state index contributed by atoms with van der Waals surface area (Å²) in [5.74, 6) is 0.788. The molecule has 1 amide bonds. The molecule has 28 heavy (non-hydrogen) atoms. The molecule has 2 aromatic heterocycles. The largest absolute Gasteiger partial charge is 0.333 e. The van der Waals surface area contributed by atoms with Gasteiger partial charge in [-0.2, -0.15) is 5.10 Å². The maximum Gasteiger partial charge on any atom is 0.274 e. The zero-order chi connectivity index (χ0) is 20.6. The van der Waals surface area contributed by atoms with Crippen molar-refractivity contribution >= 4 is 16.8 Å². The number of rotatable bonds is 4. The molecular formula is C22H29N5O. The Morgan fingerprint density at radius 3 is 2.46 bits per heavy atom. The number of para-hydroxylation sites is 1. The van der Waals surface area contributed by atoms with E-state index >= 15 is 0 Å². The summed E-state index contributed by atoms with van der Waals surface area (Å²) in [6, 6.07) is 9.82. The van der Waals surface area contributed by atoms with Crippen molar-refractivity contribution in [3.63, 3.8) is 0 Å². The molecule has 0 saturated carbocycles. The molecule has 6 nitrogen and oxygen atoms in total. The van der Waals surface area contributed by atoms with Gasteiger partial charge in [-0.25, -0.2) is 9.97 Å². The van der Waals surface area contributed by atoms with Crippen LogP contribution in [0.5, 0.6) is 0 Å². The number of aryl methyl sites for hydroxylation is 1. The van der Waals surface area contributed by atoms with Gasteiger partial charge in [0.05, 0.1) is 17.6 Å². The van der Waals surface area contributed by atoms with Crippen LogP contribution in [0.15, 0.2) is 30.3 Å². The lowest BCUT2D eigenvalue weighted by molar-refractivity contribution is 0.0774. The normalized spacial score (nSPS) is 12.0. The van der Waals surface area contributed by atoms with E-state index in [0.29, 0.717) is 18.1 Å². The third-order valence-corrected chi connectivity index (χ3v) is 4.75. The van der Waals surface area contributed by atoms with E-state index < -0.39 is 0 Å². The Balaban J connectivity index is 1.87. The minimum Gasteiger partial charge on any atom is -0.333 e. The number of carbonyl (C=O) groups excluding carboxylic acids is 1. The summed E-state index contributed by atoms with van der Waals surface area (Å²) in [4.78, 5) is 23.8. The van der Waals surface area contributed by atoms with Crippen LogP contribution in [0, 0.1) is 6.92 Å². The summed E-state index contributed by atoms with van der Waals surface area (Å²) in [6.45, 7) is 12.8. The Hall–Kier alpha value is -2.76. The van der Waals surface area contributed by atoms with E-state index in [1.807, 2.05) is 41.9 Å². The van der Waals surface area contributed by atoms with Gasteiger partial charge in [-0.05, 0) is 45.7 Å². The number of hydrogen-bond donors (Lipinski definition) is 0. The monoisotopic (exact) mass is 379 g/mol. The molecule has 0 fully saturated rings. The van der Waals surface area contributed by atoms with Crippen molar-refractivity contribution in [1.82, 2.24) is 24.6 Å². The van der Waals surface area contributed by atoms with Crippen LogP contribution in [0.2, 0.25) is 0 Å². The molecule has 0 radical (unpaired) electrons. The zero-order valence-electron chi connectivity index (χ0n) is 17.8. The van der Waals surface area contributed by atoms with Crippen molar-refractivity contribution in [2.45, 2.75) is 59.5 Å². The Morgan fingerprint density at radius 1 is 1.18 bits per heavy atom. The van der Waals surface area contributed by atoms with Gasteiger partial charge in [-0.3, -0.25) is 9.48 Å². The Morgan fingerprint density at radius 2 is 1.86 bits per heavy atom. The first kappa shape index (κ1) is 20.0. The minimum atomic E-state index is -0.185. The van der Waals surface area contributed by atoms with Crippen molar-refractivity contribution in [2.75, 3.05) is 7.05 Å². The van der Waals surface area contributed by atoms with Crippen molar-refractivity contribution in [3.05, 3.63) is 53.2 Å². The lowest BCUT2D eigenvalue weighted by Gasteiger charge is -2.23. The molecule has 148 valence electrons. The second-order valence-corrected chi connectivity index (χ2v) is 8.60. The average Bonchev–Trinajstić information content (AvgIpc) is 3.07. The highest BCUT2D eigenvalue weighted by atomic mass is 16.2.